The Morgan fingerprint density at radius 3 is 3.08 bits per heavy atom. The van der Waals surface area contributed by atoms with Crippen LogP contribution in [-0.2, 0) is 19.0 Å². The molecule has 1 heterocycles. The number of hydrogen-bond donors (Lipinski definition) is 0. The topological polar surface area (TPSA) is 61.8 Å². The Morgan fingerprint density at radius 2 is 2.54 bits per heavy atom. The monoisotopic (exact) mass is 186 g/mol. The van der Waals surface area contributed by atoms with Crippen LogP contribution in [0.1, 0.15) is 6.92 Å². The molecule has 0 aromatic heterocycles. The first-order valence-corrected chi connectivity index (χ1v) is 3.90. The first-order valence-electron chi connectivity index (χ1n) is 3.90. The molecule has 0 amide bonds. The summed E-state index contributed by atoms with van der Waals surface area (Å²) >= 11 is 0. The van der Waals surface area contributed by atoms with E-state index >= 15 is 0 Å². The number of carbonyl (C=O) groups excluding carboxylic acids is 2. The second-order valence-corrected chi connectivity index (χ2v) is 2.33. The van der Waals surface area contributed by atoms with Crippen LogP contribution in [0.25, 0.3) is 0 Å². The minimum Gasteiger partial charge on any atom is -0.463 e. The van der Waals surface area contributed by atoms with Gasteiger partial charge in [0.05, 0.1) is 6.61 Å². The van der Waals surface area contributed by atoms with Crippen molar-refractivity contribution < 1.29 is 23.8 Å². The van der Waals surface area contributed by atoms with E-state index in [9.17, 15) is 9.59 Å². The molecule has 0 aliphatic carbocycles. The molecule has 1 fully saturated rings. The predicted molar refractivity (Wildman–Crippen MR) is 42.0 cm³/mol. The number of esters is 1. The zero-order valence-corrected chi connectivity index (χ0v) is 7.19. The molecule has 13 heavy (non-hydrogen) atoms. The third-order valence-electron chi connectivity index (χ3n) is 1.35. The summed E-state index contributed by atoms with van der Waals surface area (Å²) in [5, 5.41) is 0. The van der Waals surface area contributed by atoms with E-state index in [2.05, 4.69) is 14.2 Å². The molecule has 0 aromatic rings. The third-order valence-corrected chi connectivity index (χ3v) is 1.35. The standard InChI is InChI=1S/C8H10O5/c1-2-11-7(9)4-3-6-5-12-8(10)13-6/h3-4,6H,2,5H2,1H3/b4-3+. The molecular weight excluding hydrogens is 176 g/mol. The highest BCUT2D eigenvalue weighted by Crippen LogP contribution is 2.06. The Kier molecular flexibility index (Phi) is 3.31. The summed E-state index contributed by atoms with van der Waals surface area (Å²) in [5.41, 5.74) is 0. The van der Waals surface area contributed by atoms with E-state index in [1.807, 2.05) is 0 Å². The zero-order valence-electron chi connectivity index (χ0n) is 7.19. The van der Waals surface area contributed by atoms with E-state index in [0.29, 0.717) is 6.61 Å². The van der Waals surface area contributed by atoms with Gasteiger partial charge in [-0.3, -0.25) is 0 Å². The molecule has 5 heteroatoms. The average molecular weight is 186 g/mol. The van der Waals surface area contributed by atoms with E-state index in [1.54, 1.807) is 6.92 Å². The largest absolute Gasteiger partial charge is 0.509 e. The molecule has 72 valence electrons. The van der Waals surface area contributed by atoms with Gasteiger partial charge in [-0.2, -0.15) is 0 Å². The second-order valence-electron chi connectivity index (χ2n) is 2.33. The molecular formula is C8H10O5. The summed E-state index contributed by atoms with van der Waals surface area (Å²) < 4.78 is 13.7. The van der Waals surface area contributed by atoms with Gasteiger partial charge in [0.1, 0.15) is 6.61 Å². The highest BCUT2D eigenvalue weighted by atomic mass is 16.8. The van der Waals surface area contributed by atoms with E-state index in [4.69, 9.17) is 0 Å². The molecule has 1 aliphatic heterocycles. The lowest BCUT2D eigenvalue weighted by Gasteiger charge is -1.97. The summed E-state index contributed by atoms with van der Waals surface area (Å²) in [5.74, 6) is -0.453. The van der Waals surface area contributed by atoms with Crippen molar-refractivity contribution in [3.8, 4) is 0 Å². The van der Waals surface area contributed by atoms with Crippen LogP contribution in [0.2, 0.25) is 0 Å². The summed E-state index contributed by atoms with van der Waals surface area (Å²) in [6, 6.07) is 0. The fourth-order valence-electron chi connectivity index (χ4n) is 0.813. The number of hydrogen-bond acceptors (Lipinski definition) is 5. The summed E-state index contributed by atoms with van der Waals surface area (Å²) in [4.78, 5) is 21.2. The van der Waals surface area contributed by atoms with Crippen LogP contribution in [0.4, 0.5) is 4.79 Å². The molecule has 1 atom stereocenters. The van der Waals surface area contributed by atoms with Crippen molar-refractivity contribution in [3.63, 3.8) is 0 Å². The fourth-order valence-corrected chi connectivity index (χ4v) is 0.813. The van der Waals surface area contributed by atoms with Crippen LogP contribution >= 0.6 is 0 Å². The van der Waals surface area contributed by atoms with Gasteiger partial charge >= 0.3 is 12.1 Å². The van der Waals surface area contributed by atoms with Gasteiger partial charge < -0.3 is 14.2 Å². The maximum atomic E-state index is 10.8. The van der Waals surface area contributed by atoms with Crippen molar-refractivity contribution in [2.45, 2.75) is 13.0 Å². The van der Waals surface area contributed by atoms with Crippen LogP contribution in [0, 0.1) is 0 Å². The first-order chi connectivity index (χ1) is 6.22. The Morgan fingerprint density at radius 1 is 1.77 bits per heavy atom. The maximum absolute atomic E-state index is 10.8. The molecule has 1 rings (SSSR count). The van der Waals surface area contributed by atoms with Crippen LogP contribution in [0.5, 0.6) is 0 Å². The quantitative estimate of drug-likeness (QED) is 0.478. The Hall–Kier alpha value is -1.52. The third kappa shape index (κ3) is 3.14. The molecule has 1 unspecified atom stereocenters. The number of carbonyl (C=O) groups is 2. The molecule has 0 bridgehead atoms. The molecule has 0 N–H and O–H groups in total. The van der Waals surface area contributed by atoms with Crippen LogP contribution in [-0.4, -0.2) is 31.4 Å². The van der Waals surface area contributed by atoms with E-state index < -0.39 is 18.2 Å². The minimum atomic E-state index is -0.710. The highest BCUT2D eigenvalue weighted by molar-refractivity contribution is 5.82. The molecule has 0 saturated carbocycles. The molecule has 5 nitrogen and oxygen atoms in total. The van der Waals surface area contributed by atoms with Gasteiger partial charge in [-0.05, 0) is 13.0 Å². The smallest absolute Gasteiger partial charge is 0.463 e. The number of ether oxygens (including phenoxy) is 3. The molecule has 0 aromatic carbocycles. The molecule has 1 saturated heterocycles. The van der Waals surface area contributed by atoms with Gasteiger partial charge in [-0.15, -0.1) is 0 Å². The molecule has 0 spiro atoms. The van der Waals surface area contributed by atoms with Crippen LogP contribution < -0.4 is 0 Å². The summed E-state index contributed by atoms with van der Waals surface area (Å²) in [6.07, 6.45) is 1.47. The fraction of sp³-hybridized carbons (Fsp3) is 0.500. The van der Waals surface area contributed by atoms with E-state index in [1.165, 1.54) is 12.2 Å². The van der Waals surface area contributed by atoms with Crippen LogP contribution in [0.3, 0.4) is 0 Å². The average Bonchev–Trinajstić information content (AvgIpc) is 2.49. The summed E-state index contributed by atoms with van der Waals surface area (Å²) in [7, 11) is 0. The minimum absolute atomic E-state index is 0.148. The van der Waals surface area contributed by atoms with Gasteiger partial charge in [0.15, 0.2) is 6.10 Å². The van der Waals surface area contributed by atoms with Gasteiger partial charge in [0, 0.05) is 6.08 Å². The molecule has 1 aliphatic rings. The zero-order chi connectivity index (χ0) is 9.68. The Balaban J connectivity index is 2.31. The first kappa shape index (κ1) is 9.57. The van der Waals surface area contributed by atoms with E-state index in [0.717, 1.165) is 0 Å². The Bertz CT molecular complexity index is 233. The van der Waals surface area contributed by atoms with Gasteiger partial charge in [0.2, 0.25) is 0 Å². The van der Waals surface area contributed by atoms with Crippen molar-refractivity contribution in [1.82, 2.24) is 0 Å². The lowest BCUT2D eigenvalue weighted by atomic mass is 10.3. The normalized spacial score (nSPS) is 21.3. The second kappa shape index (κ2) is 4.49. The van der Waals surface area contributed by atoms with Gasteiger partial charge in [-0.25, -0.2) is 9.59 Å². The maximum Gasteiger partial charge on any atom is 0.509 e. The highest BCUT2D eigenvalue weighted by Gasteiger charge is 2.22. The number of rotatable bonds is 3. The summed E-state index contributed by atoms with van der Waals surface area (Å²) in [6.45, 7) is 2.18. The van der Waals surface area contributed by atoms with Crippen molar-refractivity contribution in [2.24, 2.45) is 0 Å². The lowest BCUT2D eigenvalue weighted by molar-refractivity contribution is -0.137. The van der Waals surface area contributed by atoms with Crippen LogP contribution in [0.15, 0.2) is 12.2 Å². The Labute approximate surface area is 75.3 Å². The van der Waals surface area contributed by atoms with Crippen molar-refractivity contribution >= 4 is 12.1 Å². The predicted octanol–water partition coefficient (Wildman–Crippen LogP) is 0.641. The van der Waals surface area contributed by atoms with Crippen molar-refractivity contribution in [2.75, 3.05) is 13.2 Å². The van der Waals surface area contributed by atoms with E-state index in [-0.39, 0.29) is 6.61 Å². The SMILES string of the molecule is CCOC(=O)/C=C/C1COC(=O)O1. The van der Waals surface area contributed by atoms with Gasteiger partial charge in [-0.1, -0.05) is 0 Å². The van der Waals surface area contributed by atoms with Crippen molar-refractivity contribution in [3.05, 3.63) is 12.2 Å². The number of cyclic esters (lactones) is 2. The van der Waals surface area contributed by atoms with Gasteiger partial charge in [0.25, 0.3) is 0 Å². The van der Waals surface area contributed by atoms with Crippen molar-refractivity contribution in [1.29, 1.82) is 0 Å². The molecule has 0 radical (unpaired) electrons. The lowest BCUT2D eigenvalue weighted by Crippen LogP contribution is -2.07.